The maximum atomic E-state index is 6.26. The van der Waals surface area contributed by atoms with E-state index in [1.807, 2.05) is 30.3 Å². The van der Waals surface area contributed by atoms with Crippen molar-refractivity contribution in [3.63, 3.8) is 0 Å². The Balaban J connectivity index is 2.13. The molecule has 0 bridgehead atoms. The van der Waals surface area contributed by atoms with Gasteiger partial charge in [0, 0.05) is 10.6 Å². The average Bonchev–Trinajstić information content (AvgIpc) is 2.48. The van der Waals surface area contributed by atoms with Gasteiger partial charge in [0.25, 0.3) is 0 Å². The Bertz CT molecular complexity index is 732. The molecule has 0 atom stereocenters. The number of rotatable bonds is 5. The van der Waals surface area contributed by atoms with E-state index in [9.17, 15) is 0 Å². The molecule has 2 aromatic rings. The number of hydrogen-bond acceptors (Lipinski definition) is 3. The van der Waals surface area contributed by atoms with Gasteiger partial charge in [-0.3, -0.25) is 5.43 Å². The smallest absolute Gasteiger partial charge is 0.184 e. The summed E-state index contributed by atoms with van der Waals surface area (Å²) in [5, 5.41) is 5.06. The summed E-state index contributed by atoms with van der Waals surface area (Å²) in [6, 6.07) is 11.0. The Kier molecular flexibility index (Phi) is 6.65. The quantitative estimate of drug-likeness (QED) is 0.414. The molecular weight excluding hydrogens is 421 g/mol. The minimum absolute atomic E-state index is 0.0890. The minimum atomic E-state index is 0.0890. The first-order valence-electron chi connectivity index (χ1n) is 6.41. The standard InChI is InChI=1S/C15H12BrCl2N3OS/c16-11-5-9(7-20-21-15(19)23)6-13(18)14(11)22-8-10-3-1-2-4-12(10)17/h1-7H,8H2,(H3,19,21,23)/b20-7-. The van der Waals surface area contributed by atoms with Crippen LogP contribution >= 0.6 is 51.3 Å². The number of ether oxygens (including phenoxy) is 1. The van der Waals surface area contributed by atoms with E-state index in [1.165, 1.54) is 0 Å². The maximum Gasteiger partial charge on any atom is 0.184 e. The molecule has 0 amide bonds. The van der Waals surface area contributed by atoms with Crippen molar-refractivity contribution in [2.24, 2.45) is 10.8 Å². The third-order valence-corrected chi connectivity index (χ3v) is 4.07. The number of hydrazone groups is 1. The number of halogens is 3. The van der Waals surface area contributed by atoms with Gasteiger partial charge < -0.3 is 10.5 Å². The van der Waals surface area contributed by atoms with Gasteiger partial charge in [-0.15, -0.1) is 0 Å². The lowest BCUT2D eigenvalue weighted by atomic mass is 10.2. The number of nitrogens with zero attached hydrogens (tertiary/aromatic N) is 1. The van der Waals surface area contributed by atoms with Crippen molar-refractivity contribution >= 4 is 62.7 Å². The van der Waals surface area contributed by atoms with Crippen molar-refractivity contribution in [3.05, 3.63) is 62.0 Å². The van der Waals surface area contributed by atoms with Crippen LogP contribution in [-0.4, -0.2) is 11.3 Å². The highest BCUT2D eigenvalue weighted by atomic mass is 79.9. The van der Waals surface area contributed by atoms with Crippen molar-refractivity contribution in [1.82, 2.24) is 5.43 Å². The second-order valence-corrected chi connectivity index (χ2v) is 6.54. The summed E-state index contributed by atoms with van der Waals surface area (Å²) in [5.74, 6) is 0.533. The van der Waals surface area contributed by atoms with Crippen molar-refractivity contribution in [3.8, 4) is 5.75 Å². The zero-order chi connectivity index (χ0) is 16.8. The molecule has 120 valence electrons. The van der Waals surface area contributed by atoms with E-state index in [0.29, 0.717) is 26.9 Å². The topological polar surface area (TPSA) is 59.6 Å². The summed E-state index contributed by atoms with van der Waals surface area (Å²) >= 11 is 20.5. The molecule has 3 N–H and O–H groups in total. The van der Waals surface area contributed by atoms with Gasteiger partial charge >= 0.3 is 0 Å². The average molecular weight is 433 g/mol. The van der Waals surface area contributed by atoms with Crippen LogP contribution < -0.4 is 15.9 Å². The van der Waals surface area contributed by atoms with E-state index in [1.54, 1.807) is 12.3 Å². The molecule has 0 aliphatic heterocycles. The molecule has 2 rings (SSSR count). The van der Waals surface area contributed by atoms with Crippen LogP contribution in [0.15, 0.2) is 46.0 Å². The third-order valence-electron chi connectivity index (χ3n) is 2.74. The van der Waals surface area contributed by atoms with E-state index >= 15 is 0 Å². The molecule has 0 aromatic heterocycles. The Morgan fingerprint density at radius 3 is 2.70 bits per heavy atom. The lowest BCUT2D eigenvalue weighted by Crippen LogP contribution is -2.23. The first kappa shape index (κ1) is 18.0. The molecule has 0 aliphatic rings. The predicted molar refractivity (Wildman–Crippen MR) is 102 cm³/mol. The van der Waals surface area contributed by atoms with Crippen molar-refractivity contribution in [2.75, 3.05) is 0 Å². The van der Waals surface area contributed by atoms with Crippen molar-refractivity contribution in [1.29, 1.82) is 0 Å². The number of nitrogens with two attached hydrogens (primary N) is 1. The summed E-state index contributed by atoms with van der Waals surface area (Å²) < 4.78 is 6.47. The second kappa shape index (κ2) is 8.49. The van der Waals surface area contributed by atoms with E-state index in [0.717, 1.165) is 11.1 Å². The van der Waals surface area contributed by atoms with E-state index in [4.69, 9.17) is 33.7 Å². The van der Waals surface area contributed by atoms with Gasteiger partial charge in [0.05, 0.1) is 15.7 Å². The highest BCUT2D eigenvalue weighted by molar-refractivity contribution is 9.10. The first-order chi connectivity index (χ1) is 11.0. The van der Waals surface area contributed by atoms with Gasteiger partial charge in [0.1, 0.15) is 6.61 Å². The molecule has 0 saturated carbocycles. The van der Waals surface area contributed by atoms with Gasteiger partial charge in [0.15, 0.2) is 10.9 Å². The SMILES string of the molecule is NC(=S)N/N=C\c1cc(Cl)c(OCc2ccccc2Cl)c(Br)c1. The molecule has 0 saturated heterocycles. The van der Waals surface area contributed by atoms with Crippen LogP contribution in [-0.2, 0) is 6.61 Å². The molecule has 0 spiro atoms. The normalized spacial score (nSPS) is 10.7. The minimum Gasteiger partial charge on any atom is -0.486 e. The molecule has 0 fully saturated rings. The Morgan fingerprint density at radius 2 is 2.04 bits per heavy atom. The zero-order valence-electron chi connectivity index (χ0n) is 11.7. The molecule has 0 aliphatic carbocycles. The summed E-state index contributed by atoms with van der Waals surface area (Å²) in [7, 11) is 0. The molecule has 0 unspecified atom stereocenters. The van der Waals surface area contributed by atoms with Crippen molar-refractivity contribution < 1.29 is 4.74 Å². The third kappa shape index (κ3) is 5.35. The highest BCUT2D eigenvalue weighted by Gasteiger charge is 2.10. The van der Waals surface area contributed by atoms with Crippen LogP contribution in [0.4, 0.5) is 0 Å². The van der Waals surface area contributed by atoms with Gasteiger partial charge in [0.2, 0.25) is 0 Å². The predicted octanol–water partition coefficient (Wildman–Crippen LogP) is 4.50. The van der Waals surface area contributed by atoms with Crippen LogP contribution in [0, 0.1) is 0 Å². The van der Waals surface area contributed by atoms with Gasteiger partial charge in [-0.05, 0) is 51.9 Å². The summed E-state index contributed by atoms with van der Waals surface area (Å²) in [5.41, 5.74) is 9.40. The van der Waals surface area contributed by atoms with Gasteiger partial charge in [-0.25, -0.2) is 0 Å². The summed E-state index contributed by atoms with van der Waals surface area (Å²) in [6.45, 7) is 0.314. The molecule has 23 heavy (non-hydrogen) atoms. The molecular formula is C15H12BrCl2N3OS. The fourth-order valence-corrected chi connectivity index (χ4v) is 2.96. The van der Waals surface area contributed by atoms with Crippen LogP contribution in [0.25, 0.3) is 0 Å². The largest absolute Gasteiger partial charge is 0.486 e. The number of hydrogen-bond donors (Lipinski definition) is 2. The van der Waals surface area contributed by atoms with Crippen LogP contribution in [0.1, 0.15) is 11.1 Å². The molecule has 8 heteroatoms. The monoisotopic (exact) mass is 431 g/mol. The number of nitrogens with one attached hydrogen (secondary N) is 1. The van der Waals surface area contributed by atoms with Gasteiger partial charge in [-0.2, -0.15) is 5.10 Å². The maximum absolute atomic E-state index is 6.26. The summed E-state index contributed by atoms with van der Waals surface area (Å²) in [4.78, 5) is 0. The summed E-state index contributed by atoms with van der Waals surface area (Å²) in [6.07, 6.45) is 1.55. The van der Waals surface area contributed by atoms with E-state index in [2.05, 4.69) is 38.7 Å². The van der Waals surface area contributed by atoms with E-state index in [-0.39, 0.29) is 5.11 Å². The first-order valence-corrected chi connectivity index (χ1v) is 8.37. The Morgan fingerprint density at radius 1 is 1.30 bits per heavy atom. The van der Waals surface area contributed by atoms with Crippen LogP contribution in [0.3, 0.4) is 0 Å². The van der Waals surface area contributed by atoms with Crippen LogP contribution in [0.2, 0.25) is 10.0 Å². The zero-order valence-corrected chi connectivity index (χ0v) is 15.6. The number of benzene rings is 2. The Hall–Kier alpha value is -1.34. The lowest BCUT2D eigenvalue weighted by molar-refractivity contribution is 0.304. The molecule has 4 nitrogen and oxygen atoms in total. The fraction of sp³-hybridized carbons (Fsp3) is 0.0667. The Labute approximate surface area is 157 Å². The van der Waals surface area contributed by atoms with Crippen LogP contribution in [0.5, 0.6) is 5.75 Å². The van der Waals surface area contributed by atoms with Crippen molar-refractivity contribution in [2.45, 2.75) is 6.61 Å². The van der Waals surface area contributed by atoms with E-state index < -0.39 is 0 Å². The highest BCUT2D eigenvalue weighted by Crippen LogP contribution is 2.35. The molecule has 2 aromatic carbocycles. The van der Waals surface area contributed by atoms with Gasteiger partial charge in [-0.1, -0.05) is 41.4 Å². The molecule has 0 radical (unpaired) electrons. The molecule has 0 heterocycles. The fourth-order valence-electron chi connectivity index (χ4n) is 1.73. The number of thiocarbonyl (C=S) groups is 1. The second-order valence-electron chi connectivity index (χ2n) is 4.43. The lowest BCUT2D eigenvalue weighted by Gasteiger charge is -2.12.